The van der Waals surface area contributed by atoms with Crippen LogP contribution in [0.2, 0.25) is 0 Å². The van der Waals surface area contributed by atoms with E-state index in [4.69, 9.17) is 5.26 Å². The molecule has 0 fully saturated rings. The summed E-state index contributed by atoms with van der Waals surface area (Å²) in [5.41, 5.74) is 0. The molecule has 10 heavy (non-hydrogen) atoms. The highest BCUT2D eigenvalue weighted by molar-refractivity contribution is 4.64. The molecule has 0 aliphatic rings. The Kier molecular flexibility index (Phi) is 4.69. The van der Waals surface area contributed by atoms with Crippen molar-refractivity contribution in [3.63, 3.8) is 0 Å². The van der Waals surface area contributed by atoms with Crippen molar-refractivity contribution in [2.45, 2.75) is 32.9 Å². The zero-order valence-electron chi connectivity index (χ0n) is 6.72. The van der Waals surface area contributed by atoms with E-state index in [1.165, 1.54) is 0 Å². The predicted octanol–water partition coefficient (Wildman–Crippen LogP) is 0.871. The highest BCUT2D eigenvalue weighted by Gasteiger charge is 2.02. The number of ether oxygens (including phenoxy) is 1. The Hall–Kier alpha value is -0.750. The standard InChI is InChI=1S/C7H14N2O/c1-6(2)9-7(3)4-10-5-8/h6-7,9H,4H2,1-3H3. The van der Waals surface area contributed by atoms with Crippen LogP contribution in [-0.2, 0) is 4.74 Å². The molecule has 3 nitrogen and oxygen atoms in total. The molecule has 0 aliphatic carbocycles. The number of nitrogens with zero attached hydrogens (tertiary/aromatic N) is 1. The van der Waals surface area contributed by atoms with Gasteiger partial charge in [0.25, 0.3) is 6.26 Å². The lowest BCUT2D eigenvalue weighted by Crippen LogP contribution is -2.35. The van der Waals surface area contributed by atoms with Gasteiger partial charge in [0.15, 0.2) is 0 Å². The first-order valence-corrected chi connectivity index (χ1v) is 3.43. The molecule has 1 unspecified atom stereocenters. The summed E-state index contributed by atoms with van der Waals surface area (Å²) in [4.78, 5) is 0. The average Bonchev–Trinajstić information content (AvgIpc) is 1.82. The molecule has 1 atom stereocenters. The summed E-state index contributed by atoms with van der Waals surface area (Å²) in [6.07, 6.45) is 1.63. The Bertz CT molecular complexity index is 117. The van der Waals surface area contributed by atoms with Crippen LogP contribution in [0.25, 0.3) is 0 Å². The number of nitriles is 1. The van der Waals surface area contributed by atoms with E-state index in [1.54, 1.807) is 6.26 Å². The number of nitrogens with one attached hydrogen (secondary N) is 1. The van der Waals surface area contributed by atoms with E-state index < -0.39 is 0 Å². The van der Waals surface area contributed by atoms with Crippen molar-refractivity contribution in [1.82, 2.24) is 5.32 Å². The van der Waals surface area contributed by atoms with Crippen molar-refractivity contribution >= 4 is 0 Å². The van der Waals surface area contributed by atoms with Gasteiger partial charge in [0.2, 0.25) is 0 Å². The monoisotopic (exact) mass is 142 g/mol. The summed E-state index contributed by atoms with van der Waals surface area (Å²) in [5.74, 6) is 0. The smallest absolute Gasteiger partial charge is 0.286 e. The Morgan fingerprint density at radius 3 is 2.50 bits per heavy atom. The molecule has 58 valence electrons. The van der Waals surface area contributed by atoms with Crippen LogP contribution in [0.4, 0.5) is 0 Å². The summed E-state index contributed by atoms with van der Waals surface area (Å²) in [7, 11) is 0. The topological polar surface area (TPSA) is 45.0 Å². The third-order valence-corrected chi connectivity index (χ3v) is 1.02. The summed E-state index contributed by atoms with van der Waals surface area (Å²) in [6.45, 7) is 6.55. The lowest BCUT2D eigenvalue weighted by Gasteiger charge is -2.14. The molecular formula is C7H14N2O. The molecule has 0 bridgehead atoms. The third kappa shape index (κ3) is 5.39. The lowest BCUT2D eigenvalue weighted by atomic mass is 10.3. The van der Waals surface area contributed by atoms with E-state index in [1.807, 2.05) is 6.92 Å². The maximum Gasteiger partial charge on any atom is 0.286 e. The first-order valence-electron chi connectivity index (χ1n) is 3.43. The van der Waals surface area contributed by atoms with Gasteiger partial charge >= 0.3 is 0 Å². The zero-order chi connectivity index (χ0) is 7.98. The molecule has 0 radical (unpaired) electrons. The van der Waals surface area contributed by atoms with Gasteiger partial charge in [-0.15, -0.1) is 0 Å². The van der Waals surface area contributed by atoms with Crippen molar-refractivity contribution in [2.75, 3.05) is 6.61 Å². The molecule has 0 aliphatic heterocycles. The Labute approximate surface area is 62.0 Å². The molecule has 0 saturated heterocycles. The van der Waals surface area contributed by atoms with Crippen LogP contribution in [0.1, 0.15) is 20.8 Å². The van der Waals surface area contributed by atoms with E-state index in [-0.39, 0.29) is 6.04 Å². The second-order valence-electron chi connectivity index (χ2n) is 2.62. The lowest BCUT2D eigenvalue weighted by molar-refractivity contribution is 0.228. The normalized spacial score (nSPS) is 12.7. The van der Waals surface area contributed by atoms with Crippen LogP contribution in [0, 0.1) is 11.5 Å². The quantitative estimate of drug-likeness (QED) is 0.592. The molecule has 0 aromatic rings. The van der Waals surface area contributed by atoms with E-state index in [9.17, 15) is 0 Å². The fraction of sp³-hybridized carbons (Fsp3) is 0.857. The second-order valence-corrected chi connectivity index (χ2v) is 2.62. The molecule has 0 amide bonds. The van der Waals surface area contributed by atoms with Crippen molar-refractivity contribution < 1.29 is 4.74 Å². The minimum atomic E-state index is 0.250. The van der Waals surface area contributed by atoms with Gasteiger partial charge in [0.05, 0.1) is 0 Å². The van der Waals surface area contributed by atoms with Crippen LogP contribution in [-0.4, -0.2) is 18.7 Å². The van der Waals surface area contributed by atoms with Gasteiger partial charge in [-0.2, -0.15) is 5.26 Å². The average molecular weight is 142 g/mol. The first-order chi connectivity index (χ1) is 4.66. The van der Waals surface area contributed by atoms with Crippen molar-refractivity contribution in [3.05, 3.63) is 0 Å². The fourth-order valence-electron chi connectivity index (χ4n) is 0.779. The van der Waals surface area contributed by atoms with Gasteiger partial charge in [-0.05, 0) is 6.92 Å². The zero-order valence-corrected chi connectivity index (χ0v) is 6.72. The maximum absolute atomic E-state index is 8.05. The van der Waals surface area contributed by atoms with Crippen LogP contribution in [0.5, 0.6) is 0 Å². The summed E-state index contributed by atoms with van der Waals surface area (Å²) >= 11 is 0. The molecule has 0 rings (SSSR count). The van der Waals surface area contributed by atoms with Gasteiger partial charge in [-0.25, -0.2) is 0 Å². The molecule has 0 spiro atoms. The van der Waals surface area contributed by atoms with Gasteiger partial charge in [0, 0.05) is 12.1 Å². The van der Waals surface area contributed by atoms with Gasteiger partial charge in [0.1, 0.15) is 6.61 Å². The van der Waals surface area contributed by atoms with Crippen LogP contribution in [0.3, 0.4) is 0 Å². The van der Waals surface area contributed by atoms with Crippen LogP contribution in [0.15, 0.2) is 0 Å². The molecular weight excluding hydrogens is 128 g/mol. The summed E-state index contributed by atoms with van der Waals surface area (Å²) < 4.78 is 4.54. The first kappa shape index (κ1) is 9.25. The van der Waals surface area contributed by atoms with Crippen molar-refractivity contribution in [2.24, 2.45) is 0 Å². The van der Waals surface area contributed by atoms with E-state index >= 15 is 0 Å². The Morgan fingerprint density at radius 1 is 1.50 bits per heavy atom. The fourth-order valence-corrected chi connectivity index (χ4v) is 0.779. The number of rotatable bonds is 4. The largest absolute Gasteiger partial charge is 0.426 e. The molecule has 3 heteroatoms. The minimum Gasteiger partial charge on any atom is -0.426 e. The Morgan fingerprint density at radius 2 is 2.10 bits per heavy atom. The van der Waals surface area contributed by atoms with Crippen LogP contribution >= 0.6 is 0 Å². The van der Waals surface area contributed by atoms with Gasteiger partial charge < -0.3 is 10.1 Å². The Balaban J connectivity index is 3.27. The predicted molar refractivity (Wildman–Crippen MR) is 39.3 cm³/mol. The van der Waals surface area contributed by atoms with Crippen molar-refractivity contribution in [3.8, 4) is 6.26 Å². The van der Waals surface area contributed by atoms with E-state index in [0.717, 1.165) is 0 Å². The van der Waals surface area contributed by atoms with Gasteiger partial charge in [-0.1, -0.05) is 13.8 Å². The minimum absolute atomic E-state index is 0.250. The molecule has 0 aromatic heterocycles. The van der Waals surface area contributed by atoms with Gasteiger partial charge in [-0.3, -0.25) is 0 Å². The van der Waals surface area contributed by atoms with E-state index in [2.05, 4.69) is 23.9 Å². The van der Waals surface area contributed by atoms with E-state index in [0.29, 0.717) is 12.6 Å². The second kappa shape index (κ2) is 5.07. The maximum atomic E-state index is 8.05. The molecule has 0 aromatic carbocycles. The van der Waals surface area contributed by atoms with Crippen molar-refractivity contribution in [1.29, 1.82) is 5.26 Å². The molecule has 0 heterocycles. The third-order valence-electron chi connectivity index (χ3n) is 1.02. The molecule has 0 saturated carbocycles. The summed E-state index contributed by atoms with van der Waals surface area (Å²) in [6, 6.07) is 0.692. The molecule has 1 N–H and O–H groups in total. The number of hydrogen-bond donors (Lipinski definition) is 1. The van der Waals surface area contributed by atoms with Crippen LogP contribution < -0.4 is 5.32 Å². The highest BCUT2D eigenvalue weighted by Crippen LogP contribution is 1.86. The number of hydrogen-bond acceptors (Lipinski definition) is 3. The highest BCUT2D eigenvalue weighted by atomic mass is 16.5. The summed E-state index contributed by atoms with van der Waals surface area (Å²) in [5, 5.41) is 11.3. The SMILES string of the molecule is CC(C)NC(C)COC#N.